The third-order valence-electron chi connectivity index (χ3n) is 2.50. The molecular formula is C15H22BrNO4. The lowest BCUT2D eigenvalue weighted by Crippen LogP contribution is -2.42. The van der Waals surface area contributed by atoms with E-state index >= 15 is 0 Å². The number of allylic oxidation sites excluding steroid dienone is 2. The minimum Gasteiger partial charge on any atom is -0.388 e. The van der Waals surface area contributed by atoms with Crippen LogP contribution in [-0.4, -0.2) is 29.2 Å². The van der Waals surface area contributed by atoms with Crippen LogP contribution in [0.5, 0.6) is 0 Å². The van der Waals surface area contributed by atoms with E-state index in [1.807, 2.05) is 13.8 Å². The number of nitrogens with one attached hydrogen (secondary N) is 1. The van der Waals surface area contributed by atoms with Gasteiger partial charge in [0.05, 0.1) is 5.57 Å². The van der Waals surface area contributed by atoms with Gasteiger partial charge in [-0.25, -0.2) is 9.59 Å². The van der Waals surface area contributed by atoms with Crippen LogP contribution in [0.25, 0.3) is 0 Å². The van der Waals surface area contributed by atoms with Gasteiger partial charge in [0.25, 0.3) is 0 Å². The predicted octanol–water partition coefficient (Wildman–Crippen LogP) is 2.50. The summed E-state index contributed by atoms with van der Waals surface area (Å²) in [6.45, 7) is 6.83. The molecule has 0 radical (unpaired) electrons. The smallest absolute Gasteiger partial charge is 0.345 e. The average Bonchev–Trinajstić information content (AvgIpc) is 2.37. The van der Waals surface area contributed by atoms with Crippen molar-refractivity contribution < 1.29 is 19.1 Å². The average molecular weight is 360 g/mol. The van der Waals surface area contributed by atoms with E-state index < -0.39 is 18.0 Å². The maximum atomic E-state index is 12.0. The Morgan fingerprint density at radius 1 is 1.29 bits per heavy atom. The number of rotatable bonds is 7. The molecule has 0 aliphatic rings. The van der Waals surface area contributed by atoms with Gasteiger partial charge < -0.3 is 10.1 Å². The zero-order chi connectivity index (χ0) is 16.4. The number of alkyl halides is 1. The van der Waals surface area contributed by atoms with Crippen molar-refractivity contribution in [1.29, 1.82) is 0 Å². The molecule has 5 nitrogen and oxygen atoms in total. The minimum atomic E-state index is -0.815. The van der Waals surface area contributed by atoms with Crippen LogP contribution in [0, 0.1) is 5.92 Å². The Morgan fingerprint density at radius 2 is 1.90 bits per heavy atom. The van der Waals surface area contributed by atoms with E-state index in [1.54, 1.807) is 25.2 Å². The zero-order valence-corrected chi connectivity index (χ0v) is 14.4. The van der Waals surface area contributed by atoms with Crippen LogP contribution in [-0.2, 0) is 19.1 Å². The van der Waals surface area contributed by atoms with Crippen molar-refractivity contribution in [3.05, 3.63) is 23.8 Å². The number of hydrogen-bond donors (Lipinski definition) is 1. The fraction of sp³-hybridized carbons (Fsp3) is 0.533. The maximum Gasteiger partial charge on any atom is 0.345 e. The fourth-order valence-corrected chi connectivity index (χ4v) is 1.79. The molecule has 0 fully saturated rings. The predicted molar refractivity (Wildman–Crippen MR) is 84.8 cm³/mol. The van der Waals surface area contributed by atoms with Gasteiger partial charge in [-0.1, -0.05) is 48.0 Å². The van der Waals surface area contributed by atoms with E-state index in [2.05, 4.69) is 21.2 Å². The first-order chi connectivity index (χ1) is 9.81. The SMILES string of the molecule is C/C=C(\C=C/CBr)C(=O)OC(=O)C(CC(C)C)NC(C)=O. The molecule has 21 heavy (non-hydrogen) atoms. The second-order valence-electron chi connectivity index (χ2n) is 4.89. The van der Waals surface area contributed by atoms with Gasteiger partial charge in [-0.15, -0.1) is 0 Å². The molecule has 1 atom stereocenters. The van der Waals surface area contributed by atoms with Gasteiger partial charge in [-0.2, -0.15) is 0 Å². The normalized spacial score (nSPS) is 13.3. The molecule has 1 N–H and O–H groups in total. The molecule has 0 aromatic carbocycles. The Kier molecular flexibility index (Phi) is 9.62. The minimum absolute atomic E-state index is 0.180. The second kappa shape index (κ2) is 10.3. The Labute approximate surface area is 133 Å². The van der Waals surface area contributed by atoms with Crippen LogP contribution in [0.4, 0.5) is 0 Å². The third-order valence-corrected chi connectivity index (χ3v) is 2.87. The molecule has 0 saturated heterocycles. The molecule has 1 amide bonds. The number of hydrogen-bond acceptors (Lipinski definition) is 4. The molecule has 0 bridgehead atoms. The molecule has 0 aromatic rings. The number of carbonyl (C=O) groups is 3. The summed E-state index contributed by atoms with van der Waals surface area (Å²) >= 11 is 3.20. The van der Waals surface area contributed by atoms with E-state index in [0.717, 1.165) is 0 Å². The molecule has 6 heteroatoms. The molecule has 1 unspecified atom stereocenters. The monoisotopic (exact) mass is 359 g/mol. The van der Waals surface area contributed by atoms with E-state index in [-0.39, 0.29) is 17.4 Å². The molecular weight excluding hydrogens is 338 g/mol. The first-order valence-electron chi connectivity index (χ1n) is 6.73. The van der Waals surface area contributed by atoms with E-state index in [1.165, 1.54) is 6.92 Å². The van der Waals surface area contributed by atoms with Crippen molar-refractivity contribution in [1.82, 2.24) is 5.32 Å². The molecule has 0 saturated carbocycles. The first kappa shape index (κ1) is 19.6. The second-order valence-corrected chi connectivity index (χ2v) is 5.54. The van der Waals surface area contributed by atoms with Crippen LogP contribution < -0.4 is 5.32 Å². The van der Waals surface area contributed by atoms with E-state index in [0.29, 0.717) is 11.8 Å². The summed E-state index contributed by atoms with van der Waals surface area (Å²) in [7, 11) is 0. The molecule has 0 aliphatic heterocycles. The van der Waals surface area contributed by atoms with Gasteiger partial charge in [0, 0.05) is 12.3 Å². The summed E-state index contributed by atoms with van der Waals surface area (Å²) in [5.74, 6) is -1.62. The zero-order valence-electron chi connectivity index (χ0n) is 12.8. The van der Waals surface area contributed by atoms with Crippen molar-refractivity contribution in [3.63, 3.8) is 0 Å². The van der Waals surface area contributed by atoms with Crippen molar-refractivity contribution in [2.75, 3.05) is 5.33 Å². The number of carbonyl (C=O) groups excluding carboxylic acids is 3. The van der Waals surface area contributed by atoms with Crippen LogP contribution >= 0.6 is 15.9 Å². The van der Waals surface area contributed by atoms with Crippen molar-refractivity contribution in [3.8, 4) is 0 Å². The molecule has 0 spiro atoms. The number of esters is 2. The van der Waals surface area contributed by atoms with E-state index in [4.69, 9.17) is 4.74 Å². The first-order valence-corrected chi connectivity index (χ1v) is 7.85. The standard InChI is InChI=1S/C15H22BrNO4/c1-5-12(7-6-8-16)14(19)21-15(20)13(9-10(2)3)17-11(4)18/h5-7,10,13H,8-9H2,1-4H3,(H,17,18)/b7-6-,12-5+. The summed E-state index contributed by atoms with van der Waals surface area (Å²) in [4.78, 5) is 35.0. The fourth-order valence-electron chi connectivity index (χ4n) is 1.61. The largest absolute Gasteiger partial charge is 0.388 e. The highest BCUT2D eigenvalue weighted by Crippen LogP contribution is 2.09. The maximum absolute atomic E-state index is 12.0. The van der Waals surface area contributed by atoms with Crippen LogP contribution in [0.1, 0.15) is 34.1 Å². The van der Waals surface area contributed by atoms with Crippen LogP contribution in [0.2, 0.25) is 0 Å². The quantitative estimate of drug-likeness (QED) is 0.249. The summed E-state index contributed by atoms with van der Waals surface area (Å²) in [6, 6.07) is -0.815. The summed E-state index contributed by atoms with van der Waals surface area (Å²) in [6.07, 6.45) is 5.26. The highest BCUT2D eigenvalue weighted by molar-refractivity contribution is 9.09. The van der Waals surface area contributed by atoms with Gasteiger partial charge in [0.1, 0.15) is 6.04 Å². The highest BCUT2D eigenvalue weighted by Gasteiger charge is 2.25. The topological polar surface area (TPSA) is 72.5 Å². The number of ether oxygens (including phenoxy) is 1. The lowest BCUT2D eigenvalue weighted by atomic mass is 10.0. The Morgan fingerprint density at radius 3 is 2.33 bits per heavy atom. The van der Waals surface area contributed by atoms with Crippen LogP contribution in [0.15, 0.2) is 23.8 Å². The Balaban J connectivity index is 4.84. The van der Waals surface area contributed by atoms with Gasteiger partial charge in [0.2, 0.25) is 5.91 Å². The third kappa shape index (κ3) is 8.45. The Hall–Kier alpha value is -1.43. The lowest BCUT2D eigenvalue weighted by Gasteiger charge is -2.17. The van der Waals surface area contributed by atoms with Gasteiger partial charge in [0.15, 0.2) is 0 Å². The van der Waals surface area contributed by atoms with Gasteiger partial charge >= 0.3 is 11.9 Å². The molecule has 0 heterocycles. The van der Waals surface area contributed by atoms with Gasteiger partial charge in [-0.3, -0.25) is 4.79 Å². The van der Waals surface area contributed by atoms with Crippen molar-refractivity contribution in [2.45, 2.75) is 40.2 Å². The van der Waals surface area contributed by atoms with Crippen molar-refractivity contribution >= 4 is 33.8 Å². The summed E-state index contributed by atoms with van der Waals surface area (Å²) < 4.78 is 4.84. The summed E-state index contributed by atoms with van der Waals surface area (Å²) in [5.41, 5.74) is 0.286. The molecule has 0 rings (SSSR count). The Bertz CT molecular complexity index is 441. The van der Waals surface area contributed by atoms with Gasteiger partial charge in [-0.05, 0) is 19.3 Å². The molecule has 0 aliphatic carbocycles. The molecule has 0 aromatic heterocycles. The van der Waals surface area contributed by atoms with E-state index in [9.17, 15) is 14.4 Å². The number of halogens is 1. The number of amides is 1. The van der Waals surface area contributed by atoms with Crippen LogP contribution in [0.3, 0.4) is 0 Å². The lowest BCUT2D eigenvalue weighted by molar-refractivity contribution is -0.159. The summed E-state index contributed by atoms with van der Waals surface area (Å²) in [5, 5.41) is 3.10. The highest BCUT2D eigenvalue weighted by atomic mass is 79.9. The molecule has 118 valence electrons. The van der Waals surface area contributed by atoms with Crippen molar-refractivity contribution in [2.24, 2.45) is 5.92 Å².